The van der Waals surface area contributed by atoms with Crippen molar-refractivity contribution in [3.8, 4) is 0 Å². The minimum atomic E-state index is 1.06. The van der Waals surface area contributed by atoms with Crippen LogP contribution in [0, 0.1) is 5.92 Å². The van der Waals surface area contributed by atoms with Gasteiger partial charge in [0.05, 0.1) is 0 Å². The van der Waals surface area contributed by atoms with Crippen LogP contribution in [0.1, 0.15) is 24.8 Å². The van der Waals surface area contributed by atoms with Crippen LogP contribution in [0.2, 0.25) is 0 Å². The van der Waals surface area contributed by atoms with Gasteiger partial charge in [-0.3, -0.25) is 0 Å². The normalized spacial score (nSPS) is 32.9. The van der Waals surface area contributed by atoms with Crippen molar-refractivity contribution < 1.29 is 4.39 Å². The molecule has 3 aliphatic rings. The Kier molecular flexibility index (Phi) is 2.76. The number of piperidine rings is 3. The summed E-state index contributed by atoms with van der Waals surface area (Å²) in [7, 11) is 2.57. The third-order valence-electron chi connectivity index (χ3n) is 4.51. The zero-order chi connectivity index (χ0) is 10.8. The summed E-state index contributed by atoms with van der Waals surface area (Å²) in [4.78, 5) is 0. The molecule has 4 rings (SSSR count). The first-order chi connectivity index (χ1) is 7.86. The lowest BCUT2D eigenvalue weighted by Crippen LogP contribution is -2.60. The third-order valence-corrected chi connectivity index (χ3v) is 4.51. The fourth-order valence-electron chi connectivity index (χ4n) is 3.27. The first-order valence-electron chi connectivity index (χ1n) is 6.60. The standard InChI is InChI=1S/C14H20BN/c1-2-4-14(5-3-1)12-15-16-9-6-13(7-10-16)8-11-16/h1-5,13H,6-12H2. The maximum absolute atomic E-state index is 2.57. The second kappa shape index (κ2) is 4.25. The Balaban J connectivity index is 1.62. The van der Waals surface area contributed by atoms with Crippen LogP contribution < -0.4 is 0 Å². The second-order valence-corrected chi connectivity index (χ2v) is 5.49. The van der Waals surface area contributed by atoms with E-state index >= 15 is 0 Å². The van der Waals surface area contributed by atoms with Crippen molar-refractivity contribution in [2.24, 2.45) is 5.92 Å². The monoisotopic (exact) mass is 213 g/mol. The van der Waals surface area contributed by atoms with E-state index in [0.717, 1.165) is 12.2 Å². The molecule has 0 aliphatic carbocycles. The highest BCUT2D eigenvalue weighted by Gasteiger charge is 2.32. The van der Waals surface area contributed by atoms with Gasteiger partial charge in [0.25, 0.3) is 0 Å². The van der Waals surface area contributed by atoms with E-state index in [0.29, 0.717) is 0 Å². The van der Waals surface area contributed by atoms with Crippen molar-refractivity contribution in [3.63, 3.8) is 0 Å². The molecule has 0 saturated carbocycles. The fraction of sp³-hybridized carbons (Fsp3) is 0.571. The summed E-state index contributed by atoms with van der Waals surface area (Å²) < 4.78 is 1.30. The SMILES string of the molecule is [B-](Cc1ccccc1)[N+]12CCC(CC1)CC2. The van der Waals surface area contributed by atoms with Gasteiger partial charge in [0.15, 0.2) is 0 Å². The van der Waals surface area contributed by atoms with Crippen molar-refractivity contribution in [2.45, 2.75) is 25.6 Å². The summed E-state index contributed by atoms with van der Waals surface area (Å²) in [6.45, 7) is 4.20. The minimum absolute atomic E-state index is 1.06. The first-order valence-corrected chi connectivity index (χ1v) is 6.60. The smallest absolute Gasteiger partial charge is 0.0341 e. The molecule has 0 unspecified atom stereocenters. The van der Waals surface area contributed by atoms with Gasteiger partial charge in [-0.2, -0.15) is 6.32 Å². The Morgan fingerprint density at radius 2 is 1.62 bits per heavy atom. The zero-order valence-electron chi connectivity index (χ0n) is 9.94. The van der Waals surface area contributed by atoms with E-state index in [1.54, 1.807) is 0 Å². The summed E-state index contributed by atoms with van der Waals surface area (Å²) in [5.74, 6) is 1.06. The fourth-order valence-corrected chi connectivity index (χ4v) is 3.27. The Hall–Kier alpha value is -0.755. The Labute approximate surface area is 99.3 Å². The van der Waals surface area contributed by atoms with Gasteiger partial charge < -0.3 is 4.39 Å². The molecule has 3 heterocycles. The lowest BCUT2D eigenvalue weighted by molar-refractivity contribution is -0.841. The molecule has 0 atom stereocenters. The molecule has 16 heavy (non-hydrogen) atoms. The molecule has 2 bridgehead atoms. The topological polar surface area (TPSA) is 0 Å². The van der Waals surface area contributed by atoms with Crippen LogP contribution in [0.3, 0.4) is 0 Å². The van der Waals surface area contributed by atoms with E-state index in [9.17, 15) is 0 Å². The highest BCUT2D eigenvalue weighted by atomic mass is 15.3. The quantitative estimate of drug-likeness (QED) is 0.676. The van der Waals surface area contributed by atoms with E-state index in [-0.39, 0.29) is 0 Å². The van der Waals surface area contributed by atoms with Crippen molar-refractivity contribution >= 4 is 7.41 Å². The lowest BCUT2D eigenvalue weighted by atomic mass is 9.71. The van der Waals surface area contributed by atoms with Crippen molar-refractivity contribution in [1.29, 1.82) is 0 Å². The number of quaternary nitrogens is 1. The third kappa shape index (κ3) is 2.03. The zero-order valence-corrected chi connectivity index (χ0v) is 9.94. The maximum Gasteiger partial charge on any atom is 0.0341 e. The predicted octanol–water partition coefficient (Wildman–Crippen LogP) is 2.44. The number of hydrogen-bond acceptors (Lipinski definition) is 0. The van der Waals surface area contributed by atoms with Gasteiger partial charge in [0.1, 0.15) is 0 Å². The average Bonchev–Trinajstić information content (AvgIpc) is 2.40. The summed E-state index contributed by atoms with van der Waals surface area (Å²) in [5, 5.41) is 0. The van der Waals surface area contributed by atoms with E-state index in [1.165, 1.54) is 48.9 Å². The van der Waals surface area contributed by atoms with Gasteiger partial charge in [0.2, 0.25) is 0 Å². The molecular weight excluding hydrogens is 193 g/mol. The van der Waals surface area contributed by atoms with Crippen molar-refractivity contribution in [2.75, 3.05) is 19.6 Å². The molecule has 0 N–H and O–H groups in total. The van der Waals surface area contributed by atoms with Crippen LogP contribution in [-0.2, 0) is 6.32 Å². The molecule has 3 aliphatic heterocycles. The summed E-state index contributed by atoms with van der Waals surface area (Å²) in [6.07, 6.45) is 5.54. The molecule has 0 aromatic heterocycles. The molecule has 3 saturated heterocycles. The van der Waals surface area contributed by atoms with Crippen LogP contribution in [0.4, 0.5) is 0 Å². The van der Waals surface area contributed by atoms with Gasteiger partial charge in [0, 0.05) is 19.6 Å². The Bertz CT molecular complexity index is 327. The number of nitrogens with zero attached hydrogens (tertiary/aromatic N) is 1. The number of rotatable bonds is 3. The van der Waals surface area contributed by atoms with Gasteiger partial charge in [-0.15, -0.1) is 0 Å². The van der Waals surface area contributed by atoms with Crippen LogP contribution in [0.25, 0.3) is 0 Å². The van der Waals surface area contributed by atoms with Gasteiger partial charge in [-0.25, -0.2) is 0 Å². The summed E-state index contributed by atoms with van der Waals surface area (Å²) in [6, 6.07) is 10.9. The molecule has 84 valence electrons. The van der Waals surface area contributed by atoms with E-state index < -0.39 is 0 Å². The number of hydrogen-bond donors (Lipinski definition) is 0. The van der Waals surface area contributed by atoms with E-state index in [4.69, 9.17) is 0 Å². The van der Waals surface area contributed by atoms with Crippen molar-refractivity contribution in [3.05, 3.63) is 35.9 Å². The highest BCUT2D eigenvalue weighted by Crippen LogP contribution is 2.32. The molecule has 1 aromatic carbocycles. The van der Waals surface area contributed by atoms with Crippen LogP contribution in [-0.4, -0.2) is 31.4 Å². The molecule has 1 nitrogen and oxygen atoms in total. The van der Waals surface area contributed by atoms with E-state index in [2.05, 4.69) is 37.7 Å². The van der Waals surface area contributed by atoms with E-state index in [1.807, 2.05) is 0 Å². The number of benzene rings is 1. The largest absolute Gasteiger partial charge is 0.560 e. The molecule has 0 amide bonds. The molecule has 2 radical (unpaired) electrons. The average molecular weight is 213 g/mol. The highest BCUT2D eigenvalue weighted by molar-refractivity contribution is 6.26. The molecule has 3 fully saturated rings. The lowest BCUT2D eigenvalue weighted by Gasteiger charge is -2.60. The second-order valence-electron chi connectivity index (χ2n) is 5.49. The Morgan fingerprint density at radius 1 is 1.00 bits per heavy atom. The van der Waals surface area contributed by atoms with Crippen LogP contribution >= 0.6 is 0 Å². The van der Waals surface area contributed by atoms with Crippen LogP contribution in [0.15, 0.2) is 30.3 Å². The number of fused-ring (bicyclic) bond motifs is 3. The Morgan fingerprint density at radius 3 is 2.25 bits per heavy atom. The van der Waals surface area contributed by atoms with Gasteiger partial charge in [-0.05, 0) is 32.6 Å². The van der Waals surface area contributed by atoms with Gasteiger partial charge in [-0.1, -0.05) is 35.9 Å². The molecule has 1 aromatic rings. The predicted molar refractivity (Wildman–Crippen MR) is 68.1 cm³/mol. The molecule has 2 heteroatoms. The maximum atomic E-state index is 2.57. The first kappa shape index (κ1) is 10.4. The molecular formula is C14H20BN. The summed E-state index contributed by atoms with van der Waals surface area (Å²) in [5.41, 5.74) is 1.46. The van der Waals surface area contributed by atoms with Gasteiger partial charge >= 0.3 is 0 Å². The van der Waals surface area contributed by atoms with Crippen LogP contribution in [0.5, 0.6) is 0 Å². The molecule has 0 spiro atoms. The summed E-state index contributed by atoms with van der Waals surface area (Å²) >= 11 is 0. The van der Waals surface area contributed by atoms with Crippen molar-refractivity contribution in [1.82, 2.24) is 0 Å². The minimum Gasteiger partial charge on any atom is -0.560 e.